The fourth-order valence-corrected chi connectivity index (χ4v) is 6.44. The molecule has 2 aliphatic rings. The molecule has 2 fully saturated rings. The van der Waals surface area contributed by atoms with E-state index in [1.165, 1.54) is 25.3 Å². The average molecular weight is 571 g/mol. The Morgan fingerprint density at radius 3 is 2.71 bits per heavy atom. The highest BCUT2D eigenvalue weighted by Gasteiger charge is 2.31. The number of hydrogen-bond donors (Lipinski definition) is 2. The zero-order chi connectivity index (χ0) is 28.6. The van der Waals surface area contributed by atoms with Crippen LogP contribution in [0, 0.1) is 12.8 Å². The van der Waals surface area contributed by atoms with Crippen LogP contribution in [0.5, 0.6) is 0 Å². The summed E-state index contributed by atoms with van der Waals surface area (Å²) in [5.41, 5.74) is 3.90. The minimum Gasteiger partial charge on any atom is -0.351 e. The average Bonchev–Trinajstić information content (AvgIpc) is 3.79. The maximum Gasteiger partial charge on any atom is 0.251 e. The van der Waals surface area contributed by atoms with Crippen molar-refractivity contribution in [1.82, 2.24) is 25.6 Å². The molecule has 1 amide bonds. The molecule has 41 heavy (non-hydrogen) atoms. The monoisotopic (exact) mass is 570 g/mol. The van der Waals surface area contributed by atoms with E-state index < -0.39 is 9.84 Å². The van der Waals surface area contributed by atoms with Gasteiger partial charge in [0.05, 0.1) is 34.0 Å². The van der Waals surface area contributed by atoms with Crippen LogP contribution in [0.2, 0.25) is 0 Å². The zero-order valence-electron chi connectivity index (χ0n) is 23.3. The van der Waals surface area contributed by atoms with E-state index in [0.717, 1.165) is 59.9 Å². The molecule has 1 unspecified atom stereocenters. The van der Waals surface area contributed by atoms with Crippen molar-refractivity contribution in [2.45, 2.75) is 43.7 Å². The van der Waals surface area contributed by atoms with Crippen LogP contribution in [0.25, 0.3) is 22.3 Å². The quantitative estimate of drug-likeness (QED) is 0.328. The summed E-state index contributed by atoms with van der Waals surface area (Å²) in [6.07, 6.45) is 6.78. The van der Waals surface area contributed by atoms with Crippen molar-refractivity contribution in [1.29, 1.82) is 0 Å². The van der Waals surface area contributed by atoms with Crippen LogP contribution in [0.15, 0.2) is 65.7 Å². The maximum atomic E-state index is 12.8. The predicted octanol–water partition coefficient (Wildman–Crippen LogP) is 3.91. The first-order valence-electron chi connectivity index (χ1n) is 14.0. The second kappa shape index (κ2) is 11.2. The van der Waals surface area contributed by atoms with Gasteiger partial charge in [-0.15, -0.1) is 0 Å². The number of nitrogens with zero attached hydrogens (tertiary/aromatic N) is 4. The normalized spacial score (nSPS) is 17.5. The summed E-state index contributed by atoms with van der Waals surface area (Å²) in [6, 6.07) is 17.1. The Morgan fingerprint density at radius 2 is 1.90 bits per heavy atom. The molecule has 0 spiro atoms. The van der Waals surface area contributed by atoms with E-state index in [1.807, 2.05) is 30.3 Å². The Kier molecular flexibility index (Phi) is 7.44. The van der Waals surface area contributed by atoms with E-state index in [1.54, 1.807) is 25.3 Å². The molecule has 9 nitrogen and oxygen atoms in total. The van der Waals surface area contributed by atoms with Gasteiger partial charge in [0.1, 0.15) is 5.82 Å². The largest absolute Gasteiger partial charge is 0.351 e. The fourth-order valence-electron chi connectivity index (χ4n) is 5.45. The van der Waals surface area contributed by atoms with Crippen LogP contribution in [0.3, 0.4) is 0 Å². The fraction of sp³-hybridized carbons (Fsp3) is 0.355. The highest BCUT2D eigenvalue weighted by Crippen LogP contribution is 2.36. The summed E-state index contributed by atoms with van der Waals surface area (Å²) in [5.74, 6) is 1.47. The molecule has 3 aromatic heterocycles. The van der Waals surface area contributed by atoms with E-state index >= 15 is 0 Å². The van der Waals surface area contributed by atoms with E-state index in [9.17, 15) is 13.2 Å². The molecule has 6 rings (SSSR count). The van der Waals surface area contributed by atoms with Gasteiger partial charge in [0.2, 0.25) is 0 Å². The number of rotatable bonds is 8. The van der Waals surface area contributed by atoms with E-state index in [2.05, 4.69) is 26.6 Å². The number of anilines is 1. The number of pyridine rings is 3. The second-order valence-corrected chi connectivity index (χ2v) is 13.1. The molecule has 1 aliphatic heterocycles. The van der Waals surface area contributed by atoms with Crippen LogP contribution < -0.4 is 15.5 Å². The van der Waals surface area contributed by atoms with Crippen LogP contribution >= 0.6 is 0 Å². The Labute approximate surface area is 240 Å². The van der Waals surface area contributed by atoms with E-state index in [-0.39, 0.29) is 22.9 Å². The molecule has 10 heteroatoms. The van der Waals surface area contributed by atoms with Gasteiger partial charge in [0.15, 0.2) is 9.84 Å². The minimum absolute atomic E-state index is 0.152. The third-order valence-electron chi connectivity index (χ3n) is 7.85. The van der Waals surface area contributed by atoms with Crippen molar-refractivity contribution >= 4 is 32.5 Å². The minimum atomic E-state index is -3.43. The van der Waals surface area contributed by atoms with Gasteiger partial charge in [0.25, 0.3) is 5.91 Å². The summed E-state index contributed by atoms with van der Waals surface area (Å²) >= 11 is 0. The standard InChI is InChI=1S/C31H34N6O3S/c1-20-6-9-22(15-29(20)41(2,39)40)31(38)34-18-24-16-28-23(17-33-24)10-11-27(35-28)26-4-3-5-30(36-26)37-13-12-32-19-25(37)14-21-7-8-21/h3-6,9-11,15-17,21,25,32H,7-8,12-14,18-19H2,1-2H3,(H,34,38). The number of hydrogen-bond acceptors (Lipinski definition) is 8. The first-order valence-corrected chi connectivity index (χ1v) is 15.9. The third kappa shape index (κ3) is 6.23. The lowest BCUT2D eigenvalue weighted by Crippen LogP contribution is -2.52. The third-order valence-corrected chi connectivity index (χ3v) is 9.09. The summed E-state index contributed by atoms with van der Waals surface area (Å²) in [4.78, 5) is 29.8. The lowest BCUT2D eigenvalue weighted by atomic mass is 10.1. The number of fused-ring (bicyclic) bond motifs is 1. The molecule has 2 N–H and O–H groups in total. The number of amides is 1. The van der Waals surface area contributed by atoms with Crippen molar-refractivity contribution in [2.75, 3.05) is 30.8 Å². The number of sulfone groups is 1. The van der Waals surface area contributed by atoms with Crippen molar-refractivity contribution in [3.05, 3.63) is 77.6 Å². The number of aromatic nitrogens is 3. The van der Waals surface area contributed by atoms with Crippen molar-refractivity contribution in [2.24, 2.45) is 5.92 Å². The van der Waals surface area contributed by atoms with Crippen molar-refractivity contribution < 1.29 is 13.2 Å². The molecule has 1 aliphatic carbocycles. The van der Waals surface area contributed by atoms with Crippen LogP contribution in [-0.4, -0.2) is 61.2 Å². The maximum absolute atomic E-state index is 12.8. The van der Waals surface area contributed by atoms with Gasteiger partial charge >= 0.3 is 0 Å². The molecule has 4 heterocycles. The molecular formula is C31H34N6O3S. The molecule has 212 valence electrons. The smallest absolute Gasteiger partial charge is 0.251 e. The summed E-state index contributed by atoms with van der Waals surface area (Å²) in [7, 11) is -3.43. The molecule has 1 saturated heterocycles. The van der Waals surface area contributed by atoms with Gasteiger partial charge in [0, 0.05) is 49.1 Å². The van der Waals surface area contributed by atoms with Gasteiger partial charge in [-0.25, -0.2) is 18.4 Å². The number of benzene rings is 1. The summed E-state index contributed by atoms with van der Waals surface area (Å²) in [5, 5.41) is 7.27. The van der Waals surface area contributed by atoms with E-state index in [4.69, 9.17) is 9.97 Å². The molecular weight excluding hydrogens is 536 g/mol. The molecule has 0 radical (unpaired) electrons. The van der Waals surface area contributed by atoms with Gasteiger partial charge in [-0.2, -0.15) is 0 Å². The SMILES string of the molecule is Cc1ccc(C(=O)NCc2cc3nc(-c4cccc(N5CCNCC5CC5CC5)n4)ccc3cn2)cc1S(C)(=O)=O. The molecule has 0 bridgehead atoms. The summed E-state index contributed by atoms with van der Waals surface area (Å²) < 4.78 is 24.1. The highest BCUT2D eigenvalue weighted by atomic mass is 32.2. The Hall–Kier alpha value is -3.89. The number of carbonyl (C=O) groups is 1. The topological polar surface area (TPSA) is 117 Å². The first kappa shape index (κ1) is 27.3. The van der Waals surface area contributed by atoms with Gasteiger partial charge in [-0.05, 0) is 67.3 Å². The van der Waals surface area contributed by atoms with Crippen LogP contribution in [0.1, 0.15) is 40.9 Å². The number of nitrogens with one attached hydrogen (secondary N) is 2. The highest BCUT2D eigenvalue weighted by molar-refractivity contribution is 7.90. The van der Waals surface area contributed by atoms with Gasteiger partial charge < -0.3 is 15.5 Å². The molecule has 1 aromatic carbocycles. The number of aryl methyl sites for hydroxylation is 1. The van der Waals surface area contributed by atoms with Crippen LogP contribution in [-0.2, 0) is 16.4 Å². The Morgan fingerprint density at radius 1 is 1.07 bits per heavy atom. The Balaban J connectivity index is 1.19. The second-order valence-electron chi connectivity index (χ2n) is 11.1. The Bertz CT molecular complexity index is 1720. The van der Waals surface area contributed by atoms with E-state index in [0.29, 0.717) is 17.3 Å². The number of carbonyl (C=O) groups excluding carboxylic acids is 1. The molecule has 1 atom stereocenters. The molecule has 1 saturated carbocycles. The predicted molar refractivity (Wildman–Crippen MR) is 160 cm³/mol. The molecule has 4 aromatic rings. The van der Waals surface area contributed by atoms with Gasteiger partial charge in [-0.1, -0.05) is 25.0 Å². The van der Waals surface area contributed by atoms with Crippen molar-refractivity contribution in [3.8, 4) is 11.4 Å². The van der Waals surface area contributed by atoms with Crippen LogP contribution in [0.4, 0.5) is 5.82 Å². The zero-order valence-corrected chi connectivity index (χ0v) is 24.1. The first-order chi connectivity index (χ1) is 19.7. The number of piperazine rings is 1. The lowest BCUT2D eigenvalue weighted by molar-refractivity contribution is 0.0950. The summed E-state index contributed by atoms with van der Waals surface area (Å²) in [6.45, 7) is 4.78. The van der Waals surface area contributed by atoms with Crippen molar-refractivity contribution in [3.63, 3.8) is 0 Å². The lowest BCUT2D eigenvalue weighted by Gasteiger charge is -2.37. The van der Waals surface area contributed by atoms with Gasteiger partial charge in [-0.3, -0.25) is 9.78 Å².